The third kappa shape index (κ3) is 4.12. The van der Waals surface area contributed by atoms with Gasteiger partial charge in [0.2, 0.25) is 10.0 Å². The maximum atomic E-state index is 11.6. The number of Topliss-reactive ketones (excluding diaryl/α,β-unsaturated/α-hetero) is 1. The standard InChI is InChI=1S/C12H17NO4S/c1-12(2,3)11(14)8-17-9-4-6-10(7-5-9)18(13,15)16/h4-7H,8H2,1-3H3,(H2,13,15,16). The number of benzene rings is 1. The van der Waals surface area contributed by atoms with Crippen molar-refractivity contribution in [2.75, 3.05) is 6.61 Å². The van der Waals surface area contributed by atoms with Crippen LogP contribution in [-0.2, 0) is 14.8 Å². The molecule has 0 bridgehead atoms. The Morgan fingerprint density at radius 2 is 1.72 bits per heavy atom. The van der Waals surface area contributed by atoms with Gasteiger partial charge in [0.15, 0.2) is 5.78 Å². The zero-order valence-corrected chi connectivity index (χ0v) is 11.5. The highest BCUT2D eigenvalue weighted by Gasteiger charge is 2.21. The van der Waals surface area contributed by atoms with E-state index in [1.54, 1.807) is 0 Å². The van der Waals surface area contributed by atoms with Gasteiger partial charge in [-0.1, -0.05) is 20.8 Å². The van der Waals surface area contributed by atoms with Crippen LogP contribution >= 0.6 is 0 Å². The zero-order valence-electron chi connectivity index (χ0n) is 10.6. The van der Waals surface area contributed by atoms with E-state index >= 15 is 0 Å². The van der Waals surface area contributed by atoms with E-state index in [1.807, 2.05) is 20.8 Å². The molecule has 0 amide bonds. The number of nitrogens with two attached hydrogens (primary N) is 1. The van der Waals surface area contributed by atoms with Crippen LogP contribution in [0, 0.1) is 5.41 Å². The number of hydrogen-bond donors (Lipinski definition) is 1. The van der Waals surface area contributed by atoms with Gasteiger partial charge in [0.25, 0.3) is 0 Å². The lowest BCUT2D eigenvalue weighted by Crippen LogP contribution is -2.26. The van der Waals surface area contributed by atoms with Crippen LogP contribution in [-0.4, -0.2) is 20.8 Å². The fourth-order valence-corrected chi connectivity index (χ4v) is 1.61. The van der Waals surface area contributed by atoms with Crippen molar-refractivity contribution in [1.82, 2.24) is 0 Å². The van der Waals surface area contributed by atoms with Crippen molar-refractivity contribution in [3.8, 4) is 5.75 Å². The van der Waals surface area contributed by atoms with Gasteiger partial charge in [-0.3, -0.25) is 4.79 Å². The number of carbonyl (C=O) groups is 1. The first-order valence-corrected chi connectivity index (χ1v) is 6.94. The Hall–Kier alpha value is -1.40. The van der Waals surface area contributed by atoms with Gasteiger partial charge in [-0.2, -0.15) is 0 Å². The molecule has 0 saturated heterocycles. The van der Waals surface area contributed by atoms with E-state index in [0.29, 0.717) is 5.75 Å². The minimum atomic E-state index is -3.70. The second-order valence-electron chi connectivity index (χ2n) is 4.98. The summed E-state index contributed by atoms with van der Waals surface area (Å²) in [6, 6.07) is 5.61. The average Bonchev–Trinajstić information content (AvgIpc) is 2.24. The fraction of sp³-hybridized carbons (Fsp3) is 0.417. The molecule has 0 aliphatic heterocycles. The Morgan fingerprint density at radius 1 is 1.22 bits per heavy atom. The lowest BCUT2D eigenvalue weighted by Gasteiger charge is -2.16. The Kier molecular flexibility index (Phi) is 4.13. The SMILES string of the molecule is CC(C)(C)C(=O)COc1ccc(S(N)(=O)=O)cc1. The van der Waals surface area contributed by atoms with Gasteiger partial charge in [0, 0.05) is 5.41 Å². The predicted octanol–water partition coefficient (Wildman–Crippen LogP) is 1.33. The molecule has 0 aliphatic carbocycles. The topological polar surface area (TPSA) is 86.5 Å². The van der Waals surface area contributed by atoms with E-state index in [2.05, 4.69) is 0 Å². The molecule has 0 saturated carbocycles. The van der Waals surface area contributed by atoms with Crippen LogP contribution in [0.1, 0.15) is 20.8 Å². The molecule has 0 unspecified atom stereocenters. The van der Waals surface area contributed by atoms with E-state index in [9.17, 15) is 13.2 Å². The number of carbonyl (C=O) groups excluding carboxylic acids is 1. The van der Waals surface area contributed by atoms with Gasteiger partial charge >= 0.3 is 0 Å². The van der Waals surface area contributed by atoms with Gasteiger partial charge < -0.3 is 4.74 Å². The zero-order chi connectivity index (χ0) is 14.0. The minimum Gasteiger partial charge on any atom is -0.486 e. The van der Waals surface area contributed by atoms with Crippen LogP contribution in [0.5, 0.6) is 5.75 Å². The fourth-order valence-electron chi connectivity index (χ4n) is 1.09. The molecule has 0 spiro atoms. The van der Waals surface area contributed by atoms with E-state index in [4.69, 9.17) is 9.88 Å². The lowest BCUT2D eigenvalue weighted by molar-refractivity contribution is -0.128. The van der Waals surface area contributed by atoms with Crippen LogP contribution in [0.15, 0.2) is 29.2 Å². The smallest absolute Gasteiger partial charge is 0.238 e. The first-order chi connectivity index (χ1) is 8.10. The summed E-state index contributed by atoms with van der Waals surface area (Å²) in [5.41, 5.74) is -0.458. The Balaban J connectivity index is 2.69. The minimum absolute atomic E-state index is 0.0111. The second kappa shape index (κ2) is 5.07. The van der Waals surface area contributed by atoms with E-state index in [0.717, 1.165) is 0 Å². The molecule has 0 fully saturated rings. The van der Waals surface area contributed by atoms with Crippen molar-refractivity contribution in [3.63, 3.8) is 0 Å². The summed E-state index contributed by atoms with van der Waals surface area (Å²) in [6.07, 6.45) is 0. The quantitative estimate of drug-likeness (QED) is 0.895. The summed E-state index contributed by atoms with van der Waals surface area (Å²) < 4.78 is 27.3. The molecule has 0 atom stereocenters. The molecular formula is C12H17NO4S. The first kappa shape index (κ1) is 14.7. The first-order valence-electron chi connectivity index (χ1n) is 5.40. The van der Waals surface area contributed by atoms with E-state index in [-0.39, 0.29) is 17.3 Å². The van der Waals surface area contributed by atoms with Crippen molar-refractivity contribution in [2.45, 2.75) is 25.7 Å². The van der Waals surface area contributed by atoms with E-state index < -0.39 is 15.4 Å². The number of hydrogen-bond acceptors (Lipinski definition) is 4. The van der Waals surface area contributed by atoms with Crippen LogP contribution in [0.4, 0.5) is 0 Å². The molecular weight excluding hydrogens is 254 g/mol. The lowest BCUT2D eigenvalue weighted by atomic mass is 9.91. The predicted molar refractivity (Wildman–Crippen MR) is 67.8 cm³/mol. The third-order valence-electron chi connectivity index (χ3n) is 2.36. The number of ether oxygens (including phenoxy) is 1. The van der Waals surface area contributed by atoms with Gasteiger partial charge in [-0.15, -0.1) is 0 Å². The van der Waals surface area contributed by atoms with Crippen LogP contribution in [0.2, 0.25) is 0 Å². The van der Waals surface area contributed by atoms with Crippen LogP contribution < -0.4 is 9.88 Å². The molecule has 0 aliphatic rings. The number of sulfonamides is 1. The highest BCUT2D eigenvalue weighted by Crippen LogP contribution is 2.18. The van der Waals surface area contributed by atoms with Gasteiger partial charge in [-0.25, -0.2) is 13.6 Å². The average molecular weight is 271 g/mol. The van der Waals surface area contributed by atoms with Crippen molar-refractivity contribution in [3.05, 3.63) is 24.3 Å². The molecule has 18 heavy (non-hydrogen) atoms. The largest absolute Gasteiger partial charge is 0.486 e. The number of ketones is 1. The summed E-state index contributed by atoms with van der Waals surface area (Å²) in [5.74, 6) is 0.401. The molecule has 0 radical (unpaired) electrons. The molecule has 1 aromatic rings. The Labute approximate surface area is 107 Å². The van der Waals surface area contributed by atoms with Gasteiger partial charge in [-0.05, 0) is 24.3 Å². The maximum absolute atomic E-state index is 11.6. The molecule has 5 nitrogen and oxygen atoms in total. The molecule has 2 N–H and O–H groups in total. The molecule has 100 valence electrons. The van der Waals surface area contributed by atoms with Crippen LogP contribution in [0.3, 0.4) is 0 Å². The molecule has 0 aromatic heterocycles. The van der Waals surface area contributed by atoms with Gasteiger partial charge in [0.1, 0.15) is 12.4 Å². The van der Waals surface area contributed by atoms with Crippen molar-refractivity contribution in [2.24, 2.45) is 10.6 Å². The summed E-state index contributed by atoms with van der Waals surface area (Å²) in [5, 5.41) is 4.96. The summed E-state index contributed by atoms with van der Waals surface area (Å²) in [7, 11) is -3.70. The number of primary sulfonamides is 1. The highest BCUT2D eigenvalue weighted by molar-refractivity contribution is 7.89. The molecule has 1 rings (SSSR count). The summed E-state index contributed by atoms with van der Waals surface area (Å²) in [4.78, 5) is 11.6. The van der Waals surface area contributed by atoms with Crippen molar-refractivity contribution < 1.29 is 17.9 Å². The normalized spacial score (nSPS) is 12.2. The van der Waals surface area contributed by atoms with Crippen molar-refractivity contribution in [1.29, 1.82) is 0 Å². The summed E-state index contributed by atoms with van der Waals surface area (Å²) >= 11 is 0. The Morgan fingerprint density at radius 3 is 2.11 bits per heavy atom. The summed E-state index contributed by atoms with van der Waals surface area (Å²) in [6.45, 7) is 5.38. The second-order valence-corrected chi connectivity index (χ2v) is 6.54. The molecule has 0 heterocycles. The van der Waals surface area contributed by atoms with Crippen LogP contribution in [0.25, 0.3) is 0 Å². The molecule has 1 aromatic carbocycles. The number of rotatable bonds is 4. The highest BCUT2D eigenvalue weighted by atomic mass is 32.2. The van der Waals surface area contributed by atoms with Crippen molar-refractivity contribution >= 4 is 15.8 Å². The maximum Gasteiger partial charge on any atom is 0.238 e. The van der Waals surface area contributed by atoms with E-state index in [1.165, 1.54) is 24.3 Å². The molecule has 6 heteroatoms. The Bertz CT molecular complexity index is 526. The third-order valence-corrected chi connectivity index (χ3v) is 3.29. The monoisotopic (exact) mass is 271 g/mol. The van der Waals surface area contributed by atoms with Gasteiger partial charge in [0.05, 0.1) is 4.90 Å².